The molecule has 0 unspecified atom stereocenters. The monoisotopic (exact) mass is 804 g/mol. The minimum atomic E-state index is -0.0373. The summed E-state index contributed by atoms with van der Waals surface area (Å²) in [6, 6.07) is 90.3. The van der Waals surface area contributed by atoms with Crippen molar-refractivity contribution in [3.8, 4) is 0 Å². The highest BCUT2D eigenvalue weighted by Gasteiger charge is 2.44. The maximum Gasteiger partial charge on any atom is 0.252 e. The molecule has 0 spiro atoms. The van der Waals surface area contributed by atoms with Crippen LogP contribution in [-0.4, -0.2) is 6.71 Å². The molecular formula is C58H41BN4. The Hall–Kier alpha value is -8.28. The molecule has 296 valence electrons. The van der Waals surface area contributed by atoms with Crippen LogP contribution in [0.2, 0.25) is 0 Å². The molecule has 0 fully saturated rings. The van der Waals surface area contributed by atoms with Crippen LogP contribution in [0, 0.1) is 0 Å². The van der Waals surface area contributed by atoms with Crippen molar-refractivity contribution in [3.05, 3.63) is 249 Å². The van der Waals surface area contributed by atoms with E-state index in [0.717, 1.165) is 62.6 Å². The fourth-order valence-electron chi connectivity index (χ4n) is 9.84. The molecule has 2 heterocycles. The molecule has 0 saturated carbocycles. The normalized spacial score (nSPS) is 12.3. The van der Waals surface area contributed by atoms with E-state index in [1.165, 1.54) is 32.8 Å². The van der Waals surface area contributed by atoms with Crippen molar-refractivity contribution in [2.45, 2.75) is 0 Å². The maximum absolute atomic E-state index is 2.53. The van der Waals surface area contributed by atoms with Gasteiger partial charge in [0.1, 0.15) is 0 Å². The molecule has 0 radical (unpaired) electrons. The molecule has 5 heteroatoms. The minimum absolute atomic E-state index is 0.0373. The predicted molar refractivity (Wildman–Crippen MR) is 267 cm³/mol. The second kappa shape index (κ2) is 15.3. The summed E-state index contributed by atoms with van der Waals surface area (Å²) in [7, 11) is 0. The molecule has 4 nitrogen and oxygen atoms in total. The second-order valence-electron chi connectivity index (χ2n) is 16.2. The number of hydrogen-bond acceptors (Lipinski definition) is 4. The molecule has 12 rings (SSSR count). The number of fused-ring (bicyclic) bond motifs is 5. The van der Waals surface area contributed by atoms with Crippen molar-refractivity contribution >= 4 is 102 Å². The smallest absolute Gasteiger partial charge is 0.252 e. The number of benzene rings is 10. The van der Waals surface area contributed by atoms with Gasteiger partial charge in [0.05, 0.1) is 5.69 Å². The molecule has 0 aromatic heterocycles. The average molecular weight is 805 g/mol. The molecule has 10 aromatic carbocycles. The van der Waals surface area contributed by atoms with Gasteiger partial charge in [-0.05, 0) is 130 Å². The van der Waals surface area contributed by atoms with Crippen molar-refractivity contribution in [2.24, 2.45) is 0 Å². The van der Waals surface area contributed by atoms with Crippen LogP contribution in [0.15, 0.2) is 249 Å². The van der Waals surface area contributed by atoms with Crippen molar-refractivity contribution in [3.63, 3.8) is 0 Å². The van der Waals surface area contributed by atoms with E-state index >= 15 is 0 Å². The summed E-state index contributed by atoms with van der Waals surface area (Å²) in [5.41, 5.74) is 17.2. The molecule has 0 bridgehead atoms. The third-order valence-corrected chi connectivity index (χ3v) is 12.5. The Bertz CT molecular complexity index is 3170. The van der Waals surface area contributed by atoms with Gasteiger partial charge in [-0.15, -0.1) is 0 Å². The van der Waals surface area contributed by atoms with Gasteiger partial charge in [0, 0.05) is 62.6 Å². The first-order chi connectivity index (χ1) is 31.3. The van der Waals surface area contributed by atoms with Gasteiger partial charge in [0.25, 0.3) is 6.71 Å². The Morgan fingerprint density at radius 2 is 0.714 bits per heavy atom. The lowest BCUT2D eigenvalue weighted by atomic mass is 9.33. The van der Waals surface area contributed by atoms with E-state index in [0.29, 0.717) is 0 Å². The molecule has 63 heavy (non-hydrogen) atoms. The topological polar surface area (TPSA) is 13.0 Å². The molecule has 0 N–H and O–H groups in total. The fourth-order valence-corrected chi connectivity index (χ4v) is 9.84. The van der Waals surface area contributed by atoms with Crippen molar-refractivity contribution in [2.75, 3.05) is 19.6 Å². The lowest BCUT2D eigenvalue weighted by Gasteiger charge is -2.45. The van der Waals surface area contributed by atoms with Crippen molar-refractivity contribution < 1.29 is 0 Å². The van der Waals surface area contributed by atoms with Crippen LogP contribution in [0.25, 0.3) is 10.8 Å². The summed E-state index contributed by atoms with van der Waals surface area (Å²) in [4.78, 5) is 9.78. The lowest BCUT2D eigenvalue weighted by molar-refractivity contribution is 1.22. The van der Waals surface area contributed by atoms with E-state index in [4.69, 9.17) is 0 Å². The third kappa shape index (κ3) is 6.24. The van der Waals surface area contributed by atoms with E-state index in [2.05, 4.69) is 268 Å². The van der Waals surface area contributed by atoms with Crippen LogP contribution in [0.4, 0.5) is 68.2 Å². The summed E-state index contributed by atoms with van der Waals surface area (Å²) >= 11 is 0. The van der Waals surface area contributed by atoms with Crippen LogP contribution in [0.5, 0.6) is 0 Å². The summed E-state index contributed by atoms with van der Waals surface area (Å²) in [5, 5.41) is 2.41. The van der Waals surface area contributed by atoms with E-state index in [9.17, 15) is 0 Å². The summed E-state index contributed by atoms with van der Waals surface area (Å²) in [6.07, 6.45) is 0. The highest BCUT2D eigenvalue weighted by molar-refractivity contribution is 7.00. The third-order valence-electron chi connectivity index (χ3n) is 12.5. The van der Waals surface area contributed by atoms with Crippen LogP contribution in [0.1, 0.15) is 0 Å². The van der Waals surface area contributed by atoms with Gasteiger partial charge in [0.2, 0.25) is 0 Å². The van der Waals surface area contributed by atoms with Gasteiger partial charge in [-0.2, -0.15) is 0 Å². The Morgan fingerprint density at radius 3 is 1.30 bits per heavy atom. The summed E-state index contributed by atoms with van der Waals surface area (Å²) in [6.45, 7) is -0.0373. The first kappa shape index (κ1) is 36.6. The minimum Gasteiger partial charge on any atom is -0.311 e. The highest BCUT2D eigenvalue weighted by Crippen LogP contribution is 2.49. The SMILES string of the molecule is c1ccc(N(c2ccccc2)c2ccc3c(c2)N(c2ccc4ccccc4c2)c2cc(N(c4ccccc4)c4ccccc4)cc4c2B3c2ccccc2N4c2ccccc2)cc1. The molecule has 0 aliphatic carbocycles. The van der Waals surface area contributed by atoms with Crippen LogP contribution in [-0.2, 0) is 0 Å². The lowest BCUT2D eigenvalue weighted by Crippen LogP contribution is -2.61. The molecule has 2 aliphatic rings. The van der Waals surface area contributed by atoms with Gasteiger partial charge in [-0.25, -0.2) is 0 Å². The van der Waals surface area contributed by atoms with Gasteiger partial charge < -0.3 is 19.6 Å². The Kier molecular flexibility index (Phi) is 8.89. The first-order valence-electron chi connectivity index (χ1n) is 21.6. The predicted octanol–water partition coefficient (Wildman–Crippen LogP) is 13.9. The van der Waals surface area contributed by atoms with E-state index in [-0.39, 0.29) is 6.71 Å². The summed E-state index contributed by atoms with van der Waals surface area (Å²) < 4.78 is 0. The zero-order valence-corrected chi connectivity index (χ0v) is 34.5. The van der Waals surface area contributed by atoms with Crippen LogP contribution >= 0.6 is 0 Å². The molecule has 0 amide bonds. The number of para-hydroxylation sites is 6. The highest BCUT2D eigenvalue weighted by atomic mass is 15.2. The Morgan fingerprint density at radius 1 is 0.270 bits per heavy atom. The van der Waals surface area contributed by atoms with Crippen LogP contribution < -0.4 is 36.0 Å². The molecule has 0 saturated heterocycles. The first-order valence-corrected chi connectivity index (χ1v) is 21.6. The van der Waals surface area contributed by atoms with Gasteiger partial charge in [0.15, 0.2) is 0 Å². The maximum atomic E-state index is 2.53. The van der Waals surface area contributed by atoms with E-state index in [1.807, 2.05) is 0 Å². The number of rotatable bonds is 8. The molecule has 0 atom stereocenters. The van der Waals surface area contributed by atoms with Gasteiger partial charge in [-0.3, -0.25) is 0 Å². The summed E-state index contributed by atoms with van der Waals surface area (Å²) in [5.74, 6) is 0. The zero-order chi connectivity index (χ0) is 41.7. The van der Waals surface area contributed by atoms with E-state index in [1.54, 1.807) is 0 Å². The van der Waals surface area contributed by atoms with Gasteiger partial charge in [-0.1, -0.05) is 146 Å². The molecule has 10 aromatic rings. The molecule has 2 aliphatic heterocycles. The van der Waals surface area contributed by atoms with Crippen molar-refractivity contribution in [1.82, 2.24) is 0 Å². The quantitative estimate of drug-likeness (QED) is 0.142. The number of hydrogen-bond donors (Lipinski definition) is 0. The van der Waals surface area contributed by atoms with E-state index < -0.39 is 0 Å². The number of nitrogens with zero attached hydrogens (tertiary/aromatic N) is 4. The zero-order valence-electron chi connectivity index (χ0n) is 34.5. The Balaban J connectivity index is 1.19. The standard InChI is InChI=1S/C58H41BN4/c1-6-22-44(23-7-1)60(45-24-8-2-9-25-45)50-36-37-53-55(39-50)63(49-35-34-42-20-16-17-21-43(42)38-49)57-41-51(61(46-26-10-3-11-27-46)47-28-12-4-13-29-47)40-56-58(57)59(53)52-32-18-19-33-54(52)62(56)48-30-14-5-15-31-48/h1-41H. The largest absolute Gasteiger partial charge is 0.311 e. The van der Waals surface area contributed by atoms with Gasteiger partial charge >= 0.3 is 0 Å². The van der Waals surface area contributed by atoms with Crippen LogP contribution in [0.3, 0.4) is 0 Å². The fraction of sp³-hybridized carbons (Fsp3) is 0. The number of anilines is 12. The van der Waals surface area contributed by atoms with Crippen molar-refractivity contribution in [1.29, 1.82) is 0 Å². The second-order valence-corrected chi connectivity index (χ2v) is 16.2. The molecular weight excluding hydrogens is 763 g/mol. The Labute approximate surface area is 368 Å². The average Bonchev–Trinajstić information content (AvgIpc) is 3.35.